The van der Waals surface area contributed by atoms with Crippen LogP contribution in [0.5, 0.6) is 0 Å². The second-order valence-corrected chi connectivity index (χ2v) is 9.37. The third-order valence-corrected chi connectivity index (χ3v) is 6.28. The monoisotopic (exact) mass is 556 g/mol. The van der Waals surface area contributed by atoms with Crippen LogP contribution in [0.4, 0.5) is 13.2 Å². The number of alkyl halides is 3. The van der Waals surface area contributed by atoms with E-state index < -0.39 is 17.6 Å². The van der Waals surface area contributed by atoms with Gasteiger partial charge in [-0.05, 0) is 67.2 Å². The minimum absolute atomic E-state index is 0.0607. The topological polar surface area (TPSA) is 104 Å². The molecular weight excluding hydrogens is 521 g/mol. The molecule has 1 aliphatic heterocycles. The Bertz CT molecular complexity index is 1240. The molecule has 0 atom stereocenters. The molecule has 2 aliphatic carbocycles. The number of rotatable bonds is 11. The quantitative estimate of drug-likeness (QED) is 0.155. The van der Waals surface area contributed by atoms with Crippen molar-refractivity contribution in [1.82, 2.24) is 15.8 Å². The van der Waals surface area contributed by atoms with Gasteiger partial charge in [-0.2, -0.15) is 13.2 Å². The minimum Gasteiger partial charge on any atom is -0.494 e. The van der Waals surface area contributed by atoms with Crippen LogP contribution < -0.4 is 16.5 Å². The van der Waals surface area contributed by atoms with Crippen molar-refractivity contribution in [2.24, 2.45) is 21.6 Å². The van der Waals surface area contributed by atoms with Crippen LogP contribution in [-0.2, 0) is 9.53 Å². The lowest BCUT2D eigenvalue weighted by Gasteiger charge is -2.31. The van der Waals surface area contributed by atoms with Crippen LogP contribution in [0.15, 0.2) is 80.7 Å². The number of hydrogen-bond donors (Lipinski definition) is 3. The lowest BCUT2D eigenvalue weighted by Crippen LogP contribution is -2.45. The Morgan fingerprint density at radius 3 is 2.73 bits per heavy atom. The molecule has 0 radical (unpaired) electrons. The molecule has 1 heterocycles. The Balaban J connectivity index is 1.71. The number of ether oxygens (including phenoxy) is 1. The first-order valence-electron chi connectivity index (χ1n) is 13.0. The predicted molar refractivity (Wildman–Crippen MR) is 151 cm³/mol. The van der Waals surface area contributed by atoms with Gasteiger partial charge in [0.1, 0.15) is 17.4 Å². The first-order chi connectivity index (χ1) is 19.2. The number of nitrogens with two attached hydrogens (primary N) is 1. The van der Waals surface area contributed by atoms with Gasteiger partial charge in [0.15, 0.2) is 0 Å². The maximum atomic E-state index is 13.7. The molecule has 1 fully saturated rings. The number of nitrogens with zero attached hydrogens (tertiary/aromatic N) is 3. The van der Waals surface area contributed by atoms with Crippen molar-refractivity contribution in [2.45, 2.75) is 38.3 Å². The standard InChI is InChI=1S/C29H35F3N6O2/c1-4-7-22(18-24(27(33)35-3)29(30,31)32)25-14-15-26(34-2)38(37-25)19-20-8-5-9-23(13-10-20)40-17-6-16-36-28(39)21-11-12-21/h1,5,9-10,13-15,18,21,37H,6-8,11-12,16-17,19H2,2-3H3,(H2,33,35)(H,36,39)/b24-18+,25-22-,34-26?. The molecule has 8 nitrogen and oxygen atoms in total. The zero-order valence-electron chi connectivity index (χ0n) is 22.7. The lowest BCUT2D eigenvalue weighted by atomic mass is 10.0. The number of amidine groups is 2. The van der Waals surface area contributed by atoms with Crippen molar-refractivity contribution in [2.75, 3.05) is 33.8 Å². The molecule has 0 aromatic rings. The molecule has 1 amide bonds. The van der Waals surface area contributed by atoms with E-state index in [0.29, 0.717) is 49.8 Å². The van der Waals surface area contributed by atoms with E-state index in [1.165, 1.54) is 7.05 Å². The third kappa shape index (κ3) is 8.93. The van der Waals surface area contributed by atoms with Gasteiger partial charge in [-0.15, -0.1) is 12.3 Å². The van der Waals surface area contributed by atoms with Gasteiger partial charge in [-0.3, -0.25) is 25.2 Å². The van der Waals surface area contributed by atoms with Crippen molar-refractivity contribution in [3.63, 3.8) is 0 Å². The van der Waals surface area contributed by atoms with Crippen LogP contribution in [0.3, 0.4) is 0 Å². The minimum atomic E-state index is -4.70. The average Bonchev–Trinajstić information content (AvgIpc) is 3.78. The zero-order chi connectivity index (χ0) is 29.1. The van der Waals surface area contributed by atoms with Crippen LogP contribution in [0, 0.1) is 18.3 Å². The fraction of sp³-hybridized carbons (Fsp3) is 0.414. The summed E-state index contributed by atoms with van der Waals surface area (Å²) in [4.78, 5) is 19.5. The van der Waals surface area contributed by atoms with Gasteiger partial charge in [0.05, 0.1) is 24.4 Å². The predicted octanol–water partition coefficient (Wildman–Crippen LogP) is 3.85. The maximum absolute atomic E-state index is 13.7. The number of terminal acetylenes is 1. The fourth-order valence-electron chi connectivity index (χ4n) is 3.94. The van der Waals surface area contributed by atoms with Gasteiger partial charge >= 0.3 is 6.18 Å². The molecule has 214 valence electrons. The highest BCUT2D eigenvalue weighted by molar-refractivity contribution is 5.98. The van der Waals surface area contributed by atoms with Crippen LogP contribution in [0.25, 0.3) is 0 Å². The van der Waals surface area contributed by atoms with Gasteiger partial charge in [0.2, 0.25) is 5.91 Å². The molecule has 0 spiro atoms. The van der Waals surface area contributed by atoms with Crippen LogP contribution >= 0.6 is 0 Å². The number of carbonyl (C=O) groups excluding carboxylic acids is 1. The molecular formula is C29H35F3N6O2. The second kappa shape index (κ2) is 14.3. The molecule has 3 aliphatic rings. The van der Waals surface area contributed by atoms with Gasteiger partial charge < -0.3 is 15.8 Å². The largest absolute Gasteiger partial charge is 0.494 e. The number of allylic oxidation sites excluding steroid dienone is 7. The molecule has 0 aromatic carbocycles. The molecule has 0 bridgehead atoms. The van der Waals surface area contributed by atoms with Crippen LogP contribution in [0.1, 0.15) is 32.1 Å². The first kappa shape index (κ1) is 30.3. The van der Waals surface area contributed by atoms with Crippen molar-refractivity contribution >= 4 is 17.6 Å². The highest BCUT2D eigenvalue weighted by atomic mass is 19.4. The van der Waals surface area contributed by atoms with Crippen molar-refractivity contribution in [3.8, 4) is 12.3 Å². The molecule has 1 saturated carbocycles. The van der Waals surface area contributed by atoms with Gasteiger partial charge in [-0.25, -0.2) is 0 Å². The molecule has 4 N–H and O–H groups in total. The Labute approximate surface area is 233 Å². The number of carbonyl (C=O) groups is 1. The van der Waals surface area contributed by atoms with Crippen LogP contribution in [-0.4, -0.2) is 62.6 Å². The zero-order valence-corrected chi connectivity index (χ0v) is 22.7. The summed E-state index contributed by atoms with van der Waals surface area (Å²) in [6.45, 7) is 1.46. The van der Waals surface area contributed by atoms with E-state index >= 15 is 0 Å². The van der Waals surface area contributed by atoms with E-state index in [-0.39, 0.29) is 23.8 Å². The number of halogens is 3. The van der Waals surface area contributed by atoms with E-state index in [1.807, 2.05) is 24.3 Å². The number of nitrogens with one attached hydrogen (secondary N) is 2. The van der Waals surface area contributed by atoms with E-state index in [2.05, 4.69) is 26.6 Å². The highest BCUT2D eigenvalue weighted by Crippen LogP contribution is 2.29. The summed E-state index contributed by atoms with van der Waals surface area (Å²) in [5, 5.41) is 4.66. The summed E-state index contributed by atoms with van der Waals surface area (Å²) in [6.07, 6.45) is 16.0. The number of hydrogen-bond acceptors (Lipinski definition) is 5. The van der Waals surface area contributed by atoms with Gasteiger partial charge in [-0.1, -0.05) is 12.2 Å². The van der Waals surface area contributed by atoms with Crippen LogP contribution in [0.2, 0.25) is 0 Å². The normalized spacial score (nSPS) is 20.3. The Kier molecular flexibility index (Phi) is 10.8. The number of amides is 1. The van der Waals surface area contributed by atoms with Crippen molar-refractivity contribution in [1.29, 1.82) is 0 Å². The average molecular weight is 557 g/mol. The van der Waals surface area contributed by atoms with Crippen molar-refractivity contribution in [3.05, 3.63) is 70.7 Å². The van der Waals surface area contributed by atoms with E-state index in [9.17, 15) is 18.0 Å². The second-order valence-electron chi connectivity index (χ2n) is 9.37. The summed E-state index contributed by atoms with van der Waals surface area (Å²) < 4.78 is 46.8. The number of aliphatic imine (C=N–C) groups is 2. The molecule has 0 unspecified atom stereocenters. The first-order valence-corrected chi connectivity index (χ1v) is 13.0. The molecule has 40 heavy (non-hydrogen) atoms. The molecule has 0 aromatic heterocycles. The SMILES string of the molecule is C#CCC(/C=C(\C(N)=NC)C(F)(F)F)=C1\C=CC(=NC)N(CC2=CC=C(OCCCNC(=O)C3CC3)C=CC2)N1. The Morgan fingerprint density at radius 1 is 1.30 bits per heavy atom. The Hall–Kier alpha value is -4.20. The summed E-state index contributed by atoms with van der Waals surface area (Å²) >= 11 is 0. The Morgan fingerprint density at radius 2 is 2.08 bits per heavy atom. The third-order valence-electron chi connectivity index (χ3n) is 6.28. The van der Waals surface area contributed by atoms with E-state index in [0.717, 1.165) is 24.5 Å². The van der Waals surface area contributed by atoms with Gasteiger partial charge in [0, 0.05) is 33.0 Å². The van der Waals surface area contributed by atoms with Crippen molar-refractivity contribution < 1.29 is 22.7 Å². The van der Waals surface area contributed by atoms with Gasteiger partial charge in [0.25, 0.3) is 0 Å². The lowest BCUT2D eigenvalue weighted by molar-refractivity contribution is -0.122. The molecule has 0 saturated heterocycles. The number of hydrazine groups is 1. The molecule has 11 heteroatoms. The summed E-state index contributed by atoms with van der Waals surface area (Å²) in [7, 11) is 2.83. The summed E-state index contributed by atoms with van der Waals surface area (Å²) in [6, 6.07) is 0. The summed E-state index contributed by atoms with van der Waals surface area (Å²) in [5.41, 5.74) is 9.28. The molecule has 3 rings (SSSR count). The van der Waals surface area contributed by atoms with E-state index in [1.54, 1.807) is 24.2 Å². The fourth-order valence-corrected chi connectivity index (χ4v) is 3.94. The smallest absolute Gasteiger partial charge is 0.419 e. The highest BCUT2D eigenvalue weighted by Gasteiger charge is 2.36. The summed E-state index contributed by atoms with van der Waals surface area (Å²) in [5.74, 6) is 3.41. The van der Waals surface area contributed by atoms with E-state index in [4.69, 9.17) is 16.9 Å². The maximum Gasteiger partial charge on any atom is 0.419 e.